The van der Waals surface area contributed by atoms with Crippen molar-refractivity contribution >= 4 is 41.3 Å². The third-order valence-electron chi connectivity index (χ3n) is 11.3. The van der Waals surface area contributed by atoms with E-state index in [1.54, 1.807) is 0 Å². The first-order valence-corrected chi connectivity index (χ1v) is 20.9. The van der Waals surface area contributed by atoms with Gasteiger partial charge in [0.1, 0.15) is 78.0 Å². The second-order valence-electron chi connectivity index (χ2n) is 16.2. The van der Waals surface area contributed by atoms with Gasteiger partial charge in [0.2, 0.25) is 17.7 Å². The third-order valence-corrected chi connectivity index (χ3v) is 11.3. The number of rotatable bonds is 23. The van der Waals surface area contributed by atoms with Crippen molar-refractivity contribution < 1.29 is 88.2 Å². The molecule has 4 rings (SSSR count). The van der Waals surface area contributed by atoms with Crippen LogP contribution in [0, 0.1) is 12.8 Å². The second kappa shape index (κ2) is 24.1. The van der Waals surface area contributed by atoms with Crippen molar-refractivity contribution in [1.29, 1.82) is 0 Å². The molecule has 2 aromatic rings. The molecule has 0 aromatic carbocycles. The number of Topliss-reactive ketones (excluding diaryl/α,β-unsaturated/α-hetero) is 1. The molecule has 0 saturated carbocycles. The van der Waals surface area contributed by atoms with Crippen molar-refractivity contribution in [3.63, 3.8) is 0 Å². The molecule has 2 saturated heterocycles. The Balaban J connectivity index is 1.84. The number of aliphatic hydroxyl groups is 7. The molecule has 0 bridgehead atoms. The molecule has 0 aliphatic carbocycles. The van der Waals surface area contributed by atoms with E-state index in [4.69, 9.17) is 52.4 Å². The van der Waals surface area contributed by atoms with E-state index in [1.165, 1.54) is 33.9 Å². The zero-order chi connectivity index (χ0) is 50.9. The van der Waals surface area contributed by atoms with Crippen LogP contribution in [0.15, 0.2) is 12.5 Å². The summed E-state index contributed by atoms with van der Waals surface area (Å²) in [6, 6.07) is -5.70. The van der Waals surface area contributed by atoms with Crippen LogP contribution >= 0.6 is 0 Å². The fourth-order valence-electron chi connectivity index (χ4n) is 7.11. The van der Waals surface area contributed by atoms with Gasteiger partial charge >= 0.3 is 6.09 Å². The average molecular weight is 973 g/mol. The summed E-state index contributed by atoms with van der Waals surface area (Å²) in [5.74, 6) is -6.12. The largest absolute Gasteiger partial charge is 0.441 e. The number of nitrogen functional groups attached to an aromatic ring is 1. The highest BCUT2D eigenvalue weighted by Gasteiger charge is 2.53. The topological polar surface area (TPSA) is 511 Å². The van der Waals surface area contributed by atoms with Crippen LogP contribution in [0.2, 0.25) is 0 Å². The van der Waals surface area contributed by atoms with E-state index in [1.807, 2.05) is 0 Å². The quantitative estimate of drug-likeness (QED) is 0.0492. The van der Waals surface area contributed by atoms with Gasteiger partial charge < -0.3 is 109 Å². The summed E-state index contributed by atoms with van der Waals surface area (Å²) in [5, 5.41) is 83.1. The van der Waals surface area contributed by atoms with Gasteiger partial charge in [-0.1, -0.05) is 6.92 Å². The van der Waals surface area contributed by atoms with Gasteiger partial charge in [-0.2, -0.15) is 0 Å². The Morgan fingerprint density at radius 1 is 0.897 bits per heavy atom. The number of carbonyl (C=O) groups excluding carboxylic acids is 6. The molecule has 0 spiro atoms. The minimum Gasteiger partial charge on any atom is -0.441 e. The normalized spacial score (nSPS) is 28.2. The van der Waals surface area contributed by atoms with Crippen molar-refractivity contribution in [2.24, 2.45) is 28.9 Å². The minimum absolute atomic E-state index is 0.0590. The van der Waals surface area contributed by atoms with Crippen molar-refractivity contribution in [3.05, 3.63) is 35.3 Å². The smallest absolute Gasteiger partial charge is 0.404 e. The van der Waals surface area contributed by atoms with Gasteiger partial charge in [-0.3, -0.25) is 24.0 Å². The standard InChI is InChI=1S/C38H60N12O18/c1-11(14(4)53)23(55)13(3)47-35(62)22(49-34(61)21-12(2)31(41)50-33(48-21)16(5-20(40)54)45-6-15(39)32(42)60)28(17-7-44-10-46-17)66-37-30(26(58)24(56)18(8-51)65-37)67-36-27(59)29(68-38(43)63)25(57)19(9-52)64-36/h7,10-11,13,15-16,18-19,22-30,36-37,45,51-52,55-59H,5-6,8-9,39H2,1-4H3,(H2,40,54)(H2,42,60)(H2,43,63)(H,44,46)(H,47,62)(H,49,61)(H2,41,48,50)/t11?,13-,15?,16?,18?,19?,22?,23?,24-,25-,26?,27?,28+,29?,30?,36-,37+/m1/s1. The molecular weight excluding hydrogens is 912 g/mol. The average Bonchev–Trinajstić information content (AvgIpc) is 3.82. The Bertz CT molecular complexity index is 2070. The number of hydrogen-bond donors (Lipinski definition) is 16. The van der Waals surface area contributed by atoms with Crippen LogP contribution < -0.4 is 44.6 Å². The van der Waals surface area contributed by atoms with Crippen LogP contribution in [0.3, 0.4) is 0 Å². The molecule has 30 heteroatoms. The zero-order valence-electron chi connectivity index (χ0n) is 37.1. The third kappa shape index (κ3) is 13.3. The van der Waals surface area contributed by atoms with E-state index in [9.17, 15) is 64.5 Å². The van der Waals surface area contributed by atoms with Gasteiger partial charge in [0.05, 0.1) is 49.5 Å². The molecule has 17 atom stereocenters. The van der Waals surface area contributed by atoms with Crippen LogP contribution in [-0.4, -0.2) is 197 Å². The minimum atomic E-state index is -2.12. The van der Waals surface area contributed by atoms with E-state index in [-0.39, 0.29) is 29.4 Å². The van der Waals surface area contributed by atoms with Crippen molar-refractivity contribution in [2.75, 3.05) is 25.5 Å². The highest BCUT2D eigenvalue weighted by Crippen LogP contribution is 2.34. The lowest BCUT2D eigenvalue weighted by molar-refractivity contribution is -0.372. The molecule has 2 fully saturated rings. The molecule has 380 valence electrons. The summed E-state index contributed by atoms with van der Waals surface area (Å²) in [6.07, 6.45) is -22.4. The Morgan fingerprint density at radius 3 is 2.09 bits per heavy atom. The van der Waals surface area contributed by atoms with E-state index in [0.29, 0.717) is 0 Å². The number of primary amides is 3. The number of carbonyl (C=O) groups is 6. The van der Waals surface area contributed by atoms with Crippen LogP contribution in [0.4, 0.5) is 10.6 Å². The summed E-state index contributed by atoms with van der Waals surface area (Å²) in [7, 11) is 0. The predicted molar refractivity (Wildman–Crippen MR) is 225 cm³/mol. The number of ether oxygens (including phenoxy) is 5. The molecule has 2 aliphatic heterocycles. The number of aromatic amines is 1. The van der Waals surface area contributed by atoms with E-state index >= 15 is 0 Å². The Hall–Kier alpha value is -5.61. The molecule has 30 nitrogen and oxygen atoms in total. The second-order valence-corrected chi connectivity index (χ2v) is 16.2. The fraction of sp³-hybridized carbons (Fsp3) is 0.658. The SMILES string of the molecule is CC(=O)C(C)C(O)[C@@H](C)NC(=O)C(NC(=O)c1nc(C(CC(N)=O)NCC(N)C(N)=O)nc(N)c1C)[C@@H](O[C@@H]1OC(CO)[C@@H](O)C(O)C1O[C@H]1OC(CO)[C@@H](O)C(OC(N)=O)C1O)c1c[nH]cn1. The molecule has 0 radical (unpaired) electrons. The Morgan fingerprint density at radius 2 is 1.53 bits per heavy atom. The monoisotopic (exact) mass is 972 g/mol. The number of nitrogens with two attached hydrogens (primary N) is 5. The molecule has 2 aromatic heterocycles. The molecule has 5 amide bonds. The van der Waals surface area contributed by atoms with Gasteiger partial charge in [-0.25, -0.2) is 19.7 Å². The number of nitrogens with one attached hydrogen (secondary N) is 4. The maximum atomic E-state index is 14.6. The lowest BCUT2D eigenvalue weighted by atomic mass is 9.95. The summed E-state index contributed by atoms with van der Waals surface area (Å²) in [6.45, 7) is 3.10. The molecule has 21 N–H and O–H groups in total. The van der Waals surface area contributed by atoms with Gasteiger partial charge in [0, 0.05) is 30.6 Å². The van der Waals surface area contributed by atoms with E-state index in [2.05, 4.69) is 35.9 Å². The predicted octanol–water partition coefficient (Wildman–Crippen LogP) is -7.92. The molecular formula is C38H60N12O18. The van der Waals surface area contributed by atoms with Crippen LogP contribution in [-0.2, 0) is 42.9 Å². The molecule has 4 heterocycles. The fourth-order valence-corrected chi connectivity index (χ4v) is 7.11. The molecule has 2 aliphatic rings. The first-order valence-electron chi connectivity index (χ1n) is 20.9. The number of imidazole rings is 1. The van der Waals surface area contributed by atoms with Gasteiger partial charge in [-0.15, -0.1) is 0 Å². The number of amides is 5. The molecule has 11 unspecified atom stereocenters. The summed E-state index contributed by atoms with van der Waals surface area (Å²) in [5.41, 5.74) is 27.1. The van der Waals surface area contributed by atoms with Crippen LogP contribution in [0.5, 0.6) is 0 Å². The number of H-pyrrole nitrogens is 1. The van der Waals surface area contributed by atoms with Crippen LogP contribution in [0.1, 0.15) is 66.9 Å². The number of ketones is 1. The van der Waals surface area contributed by atoms with Gasteiger partial charge in [0.15, 0.2) is 18.7 Å². The summed E-state index contributed by atoms with van der Waals surface area (Å²) >= 11 is 0. The van der Waals surface area contributed by atoms with Crippen molar-refractivity contribution in [2.45, 2.75) is 132 Å². The number of anilines is 1. The number of aliphatic hydroxyl groups excluding tert-OH is 7. The lowest BCUT2D eigenvalue weighted by Crippen LogP contribution is -2.65. The first-order chi connectivity index (χ1) is 31.9. The lowest BCUT2D eigenvalue weighted by Gasteiger charge is -2.47. The Kier molecular flexibility index (Phi) is 19.5. The van der Waals surface area contributed by atoms with E-state index in [0.717, 1.165) is 6.33 Å². The molecule has 68 heavy (non-hydrogen) atoms. The maximum absolute atomic E-state index is 14.6. The van der Waals surface area contributed by atoms with Gasteiger partial charge in [0.25, 0.3) is 5.91 Å². The Labute approximate surface area is 386 Å². The van der Waals surface area contributed by atoms with Crippen molar-refractivity contribution in [3.8, 4) is 0 Å². The summed E-state index contributed by atoms with van der Waals surface area (Å²) < 4.78 is 28.4. The highest BCUT2D eigenvalue weighted by atomic mass is 16.8. The number of hydrogen-bond acceptors (Lipinski definition) is 24. The zero-order valence-corrected chi connectivity index (χ0v) is 37.1. The first kappa shape index (κ1) is 55.0. The summed E-state index contributed by atoms with van der Waals surface area (Å²) in [4.78, 5) is 92.1. The van der Waals surface area contributed by atoms with E-state index < -0.39 is 165 Å². The number of aromatic nitrogens is 4. The highest BCUT2D eigenvalue weighted by molar-refractivity contribution is 5.98. The van der Waals surface area contributed by atoms with Crippen molar-refractivity contribution in [1.82, 2.24) is 35.9 Å². The van der Waals surface area contributed by atoms with Gasteiger partial charge in [-0.05, 0) is 20.8 Å². The number of nitrogens with zero attached hydrogens (tertiary/aromatic N) is 3. The van der Waals surface area contributed by atoms with Crippen LogP contribution in [0.25, 0.3) is 0 Å². The maximum Gasteiger partial charge on any atom is 0.404 e.